The zero-order chi connectivity index (χ0) is 19.6. The molecule has 0 radical (unpaired) electrons. The third kappa shape index (κ3) is 4.35. The van der Waals surface area contributed by atoms with Gasteiger partial charge in [-0.15, -0.1) is 0 Å². The summed E-state index contributed by atoms with van der Waals surface area (Å²) in [6.07, 6.45) is 1.60. The maximum atomic E-state index is 12.2. The number of carbonyl (C=O) groups excluding carboxylic acids is 1. The van der Waals surface area contributed by atoms with Gasteiger partial charge in [0, 0.05) is 32.7 Å². The smallest absolute Gasteiger partial charge is 0.272 e. The van der Waals surface area contributed by atoms with Crippen molar-refractivity contribution in [1.82, 2.24) is 9.99 Å². The van der Waals surface area contributed by atoms with Crippen molar-refractivity contribution in [3.63, 3.8) is 0 Å². The molecule has 3 rings (SSSR count). The van der Waals surface area contributed by atoms with Gasteiger partial charge in [0.2, 0.25) is 0 Å². The minimum absolute atomic E-state index is 0.273. The van der Waals surface area contributed by atoms with Gasteiger partial charge >= 0.3 is 0 Å². The van der Waals surface area contributed by atoms with Crippen molar-refractivity contribution in [3.05, 3.63) is 86.1 Å². The minimum atomic E-state index is -0.406. The number of nitrogens with one attached hydrogen (secondary N) is 1. The van der Waals surface area contributed by atoms with Crippen molar-refractivity contribution in [1.29, 1.82) is 0 Å². The van der Waals surface area contributed by atoms with Crippen LogP contribution in [0.15, 0.2) is 53.6 Å². The van der Waals surface area contributed by atoms with E-state index in [0.29, 0.717) is 15.6 Å². The molecule has 0 aliphatic carbocycles. The number of aryl methyl sites for hydroxylation is 1. The first kappa shape index (κ1) is 19.5. The van der Waals surface area contributed by atoms with Crippen molar-refractivity contribution in [3.8, 4) is 5.69 Å². The Labute approximate surface area is 172 Å². The summed E-state index contributed by atoms with van der Waals surface area (Å²) in [5.41, 5.74) is 6.66. The average Bonchev–Trinajstić information content (AvgIpc) is 2.88. The van der Waals surface area contributed by atoms with E-state index in [1.165, 1.54) is 6.07 Å². The summed E-state index contributed by atoms with van der Waals surface area (Å²) in [6, 6.07) is 14.3. The van der Waals surface area contributed by atoms with Crippen LogP contribution >= 0.6 is 34.8 Å². The van der Waals surface area contributed by atoms with Crippen LogP contribution in [-0.4, -0.2) is 16.7 Å². The molecule has 1 N–H and O–H groups in total. The number of hydrazone groups is 1. The molecular weight excluding hydrogens is 405 g/mol. The number of benzene rings is 2. The summed E-state index contributed by atoms with van der Waals surface area (Å²) >= 11 is 18.0. The van der Waals surface area contributed by atoms with Crippen LogP contribution in [0.3, 0.4) is 0 Å². The second-order valence-electron chi connectivity index (χ2n) is 5.97. The van der Waals surface area contributed by atoms with Crippen LogP contribution in [0.2, 0.25) is 15.1 Å². The van der Waals surface area contributed by atoms with Gasteiger partial charge in [0.05, 0.1) is 16.8 Å². The highest BCUT2D eigenvalue weighted by molar-refractivity contribution is 6.36. The topological polar surface area (TPSA) is 46.4 Å². The molecule has 0 saturated carbocycles. The van der Waals surface area contributed by atoms with E-state index >= 15 is 0 Å². The lowest BCUT2D eigenvalue weighted by Gasteiger charge is -2.09. The number of halogens is 3. The van der Waals surface area contributed by atoms with Gasteiger partial charge in [-0.05, 0) is 56.3 Å². The van der Waals surface area contributed by atoms with Crippen molar-refractivity contribution >= 4 is 46.9 Å². The minimum Gasteiger partial charge on any atom is -0.318 e. The second-order valence-corrected chi connectivity index (χ2v) is 7.25. The van der Waals surface area contributed by atoms with Crippen LogP contribution in [0, 0.1) is 13.8 Å². The zero-order valence-corrected chi connectivity index (χ0v) is 16.9. The lowest BCUT2D eigenvalue weighted by Crippen LogP contribution is -2.18. The highest BCUT2D eigenvalue weighted by atomic mass is 35.5. The van der Waals surface area contributed by atoms with Gasteiger partial charge in [-0.1, -0.05) is 40.9 Å². The Morgan fingerprint density at radius 1 is 1.04 bits per heavy atom. The molecule has 0 atom stereocenters. The van der Waals surface area contributed by atoms with E-state index in [0.717, 1.165) is 22.6 Å². The molecule has 4 nitrogen and oxygen atoms in total. The summed E-state index contributed by atoms with van der Waals surface area (Å²) < 4.78 is 2.07. The third-order valence-electron chi connectivity index (χ3n) is 4.08. The lowest BCUT2D eigenvalue weighted by molar-refractivity contribution is 0.0955. The predicted octanol–water partition coefficient (Wildman–Crippen LogP) is 5.82. The molecule has 0 unspecified atom stereocenters. The summed E-state index contributed by atoms with van der Waals surface area (Å²) in [7, 11) is 0. The van der Waals surface area contributed by atoms with Crippen molar-refractivity contribution in [2.45, 2.75) is 13.8 Å². The molecule has 1 amide bonds. The zero-order valence-electron chi connectivity index (χ0n) is 14.6. The largest absolute Gasteiger partial charge is 0.318 e. The fourth-order valence-corrected chi connectivity index (χ4v) is 3.50. The molecule has 1 heterocycles. The molecule has 27 heavy (non-hydrogen) atoms. The van der Waals surface area contributed by atoms with Gasteiger partial charge in [-0.25, -0.2) is 5.43 Å². The van der Waals surface area contributed by atoms with Crippen LogP contribution in [0.5, 0.6) is 0 Å². The number of hydrogen-bond acceptors (Lipinski definition) is 2. The van der Waals surface area contributed by atoms with Crippen LogP contribution < -0.4 is 5.43 Å². The molecule has 138 valence electrons. The Bertz CT molecular complexity index is 1040. The first-order valence-electron chi connectivity index (χ1n) is 8.10. The number of aromatic nitrogens is 1. The van der Waals surface area contributed by atoms with E-state index in [4.69, 9.17) is 34.8 Å². The fraction of sp³-hybridized carbons (Fsp3) is 0.100. The number of rotatable bonds is 4. The van der Waals surface area contributed by atoms with Gasteiger partial charge in [0.15, 0.2) is 0 Å². The molecule has 2 aromatic carbocycles. The SMILES string of the molecule is Cc1cc(/C=N\NC(=O)c2ccc(Cl)cc2Cl)c(C)n1-c1cccc(Cl)c1. The maximum absolute atomic E-state index is 12.2. The summed E-state index contributed by atoms with van der Waals surface area (Å²) in [4.78, 5) is 12.2. The molecule has 7 heteroatoms. The van der Waals surface area contributed by atoms with E-state index in [1.807, 2.05) is 44.2 Å². The van der Waals surface area contributed by atoms with Crippen molar-refractivity contribution < 1.29 is 4.79 Å². The number of nitrogens with zero attached hydrogens (tertiary/aromatic N) is 2. The Morgan fingerprint density at radius 2 is 1.78 bits per heavy atom. The molecule has 0 spiro atoms. The van der Waals surface area contributed by atoms with Crippen LogP contribution in [0.25, 0.3) is 5.69 Å². The molecule has 0 saturated heterocycles. The fourth-order valence-electron chi connectivity index (χ4n) is 2.83. The van der Waals surface area contributed by atoms with Gasteiger partial charge in [-0.3, -0.25) is 4.79 Å². The maximum Gasteiger partial charge on any atom is 0.272 e. The second kappa shape index (κ2) is 8.17. The molecule has 0 aliphatic rings. The van der Waals surface area contributed by atoms with E-state index in [2.05, 4.69) is 15.1 Å². The molecule has 0 bridgehead atoms. The standard InChI is InChI=1S/C20H16Cl3N3O/c1-12-8-14(13(2)26(12)17-5-3-4-15(21)9-17)11-24-25-20(27)18-7-6-16(22)10-19(18)23/h3-11H,1-2H3,(H,25,27)/b24-11-. The molecular formula is C20H16Cl3N3O. The van der Waals surface area contributed by atoms with Crippen molar-refractivity contribution in [2.75, 3.05) is 0 Å². The molecule has 3 aromatic rings. The van der Waals surface area contributed by atoms with E-state index < -0.39 is 5.91 Å². The Hall–Kier alpha value is -2.27. The first-order chi connectivity index (χ1) is 12.9. The first-order valence-corrected chi connectivity index (χ1v) is 9.23. The third-order valence-corrected chi connectivity index (χ3v) is 4.87. The van der Waals surface area contributed by atoms with E-state index in [1.54, 1.807) is 18.3 Å². The molecule has 0 fully saturated rings. The highest BCUT2D eigenvalue weighted by Crippen LogP contribution is 2.23. The molecule has 1 aromatic heterocycles. The van der Waals surface area contributed by atoms with Gasteiger partial charge in [-0.2, -0.15) is 5.10 Å². The van der Waals surface area contributed by atoms with Crippen LogP contribution in [0.1, 0.15) is 27.3 Å². The normalized spacial score (nSPS) is 11.1. The van der Waals surface area contributed by atoms with Crippen molar-refractivity contribution in [2.24, 2.45) is 5.10 Å². The Balaban J connectivity index is 1.80. The van der Waals surface area contributed by atoms with Gasteiger partial charge < -0.3 is 4.57 Å². The van der Waals surface area contributed by atoms with Gasteiger partial charge in [0.25, 0.3) is 5.91 Å². The van der Waals surface area contributed by atoms with Gasteiger partial charge in [0.1, 0.15) is 0 Å². The van der Waals surface area contributed by atoms with E-state index in [9.17, 15) is 4.79 Å². The number of carbonyl (C=O) groups is 1. The monoisotopic (exact) mass is 419 g/mol. The summed E-state index contributed by atoms with van der Waals surface area (Å²) in [5, 5.41) is 5.46. The predicted molar refractivity (Wildman–Crippen MR) is 112 cm³/mol. The Kier molecular flexibility index (Phi) is 5.90. The lowest BCUT2D eigenvalue weighted by atomic mass is 10.2. The van der Waals surface area contributed by atoms with E-state index in [-0.39, 0.29) is 5.02 Å². The van der Waals surface area contributed by atoms with Crippen LogP contribution in [-0.2, 0) is 0 Å². The quantitative estimate of drug-likeness (QED) is 0.419. The molecule has 0 aliphatic heterocycles. The number of hydrogen-bond donors (Lipinski definition) is 1. The average molecular weight is 421 g/mol. The Morgan fingerprint density at radius 3 is 2.48 bits per heavy atom. The number of amides is 1. The van der Waals surface area contributed by atoms with Crippen LogP contribution in [0.4, 0.5) is 0 Å². The summed E-state index contributed by atoms with van der Waals surface area (Å²) in [5.74, 6) is -0.406. The highest BCUT2D eigenvalue weighted by Gasteiger charge is 2.11. The summed E-state index contributed by atoms with van der Waals surface area (Å²) in [6.45, 7) is 3.98.